The Bertz CT molecular complexity index is 161. The van der Waals surface area contributed by atoms with Gasteiger partial charge in [-0.15, -0.1) is 21.0 Å². The first-order valence-corrected chi connectivity index (χ1v) is 10.4. The molecule has 0 aromatic heterocycles. The van der Waals surface area contributed by atoms with Crippen molar-refractivity contribution in [2.75, 3.05) is 31.7 Å². The minimum Gasteiger partial charge on any atom is -0.379 e. The molecule has 0 saturated carbocycles. The molecule has 0 aromatic carbocycles. The number of ether oxygens (including phenoxy) is 2. The Labute approximate surface area is 140 Å². The molecule has 3 unspecified atom stereocenters. The highest BCUT2D eigenvalue weighted by Gasteiger charge is 2.14. The fourth-order valence-electron chi connectivity index (χ4n) is 1.31. The van der Waals surface area contributed by atoms with Gasteiger partial charge in [-0.3, -0.25) is 0 Å². The maximum absolute atomic E-state index is 5.51. The molecule has 5 heteroatoms. The Morgan fingerprint density at radius 2 is 1.75 bits per heavy atom. The van der Waals surface area contributed by atoms with Crippen LogP contribution in [0.4, 0.5) is 0 Å². The van der Waals surface area contributed by atoms with Gasteiger partial charge in [0.25, 0.3) is 0 Å². The van der Waals surface area contributed by atoms with Gasteiger partial charge < -0.3 is 9.47 Å². The summed E-state index contributed by atoms with van der Waals surface area (Å²) >= 11 is 5.21. The highest BCUT2D eigenvalue weighted by Crippen LogP contribution is 2.08. The first kappa shape index (κ1) is 26.0. The lowest BCUT2D eigenvalue weighted by Gasteiger charge is -2.20. The monoisotopic (exact) mass is 344 g/mol. The smallest absolute Gasteiger partial charge is 0.0923 e. The van der Waals surface area contributed by atoms with Crippen molar-refractivity contribution in [3.05, 3.63) is 0 Å². The van der Waals surface area contributed by atoms with E-state index in [1.165, 1.54) is 19.3 Å². The predicted octanol–water partition coefficient (Wildman–Crippen LogP) is 4.98. The fraction of sp³-hybridized carbons (Fsp3) is 1.00. The molecule has 0 aliphatic heterocycles. The topological polar surface area (TPSA) is 18.5 Å². The van der Waals surface area contributed by atoms with Crippen LogP contribution in [0, 0.1) is 5.92 Å². The van der Waals surface area contributed by atoms with Crippen LogP contribution in [-0.4, -0.2) is 43.9 Å². The van der Waals surface area contributed by atoms with Gasteiger partial charge in [-0.25, -0.2) is 0 Å². The van der Waals surface area contributed by atoms with E-state index in [0.29, 0.717) is 0 Å². The Kier molecular flexibility index (Phi) is 29.0. The van der Waals surface area contributed by atoms with Crippen molar-refractivity contribution in [1.82, 2.24) is 0 Å². The van der Waals surface area contributed by atoms with E-state index < -0.39 is 0 Å². The lowest BCUT2D eigenvalue weighted by atomic mass is 10.1. The molecule has 0 amide bonds. The summed E-state index contributed by atoms with van der Waals surface area (Å²) in [6.07, 6.45) is 9.18. The number of unbranched alkanes of at least 4 members (excludes halogenated alkanes) is 1. The van der Waals surface area contributed by atoms with Crippen LogP contribution in [-0.2, 0) is 9.47 Å². The van der Waals surface area contributed by atoms with Gasteiger partial charge in [0.2, 0.25) is 0 Å². The number of hydrogen-bond donors (Lipinski definition) is 1. The number of thiol groups is 1. The summed E-state index contributed by atoms with van der Waals surface area (Å²) in [6.45, 7) is 8.81. The maximum Gasteiger partial charge on any atom is 0.0923 e. The average molecular weight is 345 g/mol. The SMILES string of the molecule is CCCCC(C)C.COC(C)C(CP)OCSC.CS. The summed E-state index contributed by atoms with van der Waals surface area (Å²) in [4.78, 5) is 0. The second-order valence-corrected chi connectivity index (χ2v) is 6.11. The lowest BCUT2D eigenvalue weighted by molar-refractivity contribution is -0.0187. The number of thioether (sulfide) groups is 1. The molecule has 0 fully saturated rings. The third-order valence-corrected chi connectivity index (χ3v) is 3.50. The Balaban J connectivity index is -0.000000277. The van der Waals surface area contributed by atoms with E-state index in [1.54, 1.807) is 25.1 Å². The molecule has 3 atom stereocenters. The van der Waals surface area contributed by atoms with Crippen LogP contribution >= 0.6 is 33.6 Å². The molecule has 0 bridgehead atoms. The Morgan fingerprint density at radius 3 is 2.00 bits per heavy atom. The summed E-state index contributed by atoms with van der Waals surface area (Å²) in [5, 5.41) is 0. The van der Waals surface area contributed by atoms with Crippen LogP contribution < -0.4 is 0 Å². The molecule has 0 aromatic rings. The molecule has 0 aliphatic rings. The molecular formula is C15H37O2PS2. The zero-order valence-corrected chi connectivity index (χ0v) is 17.4. The van der Waals surface area contributed by atoms with E-state index in [4.69, 9.17) is 9.47 Å². The van der Waals surface area contributed by atoms with Crippen molar-refractivity contribution in [2.45, 2.75) is 59.2 Å². The quantitative estimate of drug-likeness (QED) is 0.361. The van der Waals surface area contributed by atoms with E-state index in [2.05, 4.69) is 42.6 Å². The van der Waals surface area contributed by atoms with Gasteiger partial charge in [-0.2, -0.15) is 12.6 Å². The van der Waals surface area contributed by atoms with Crippen molar-refractivity contribution in [1.29, 1.82) is 0 Å². The van der Waals surface area contributed by atoms with Gasteiger partial charge in [0.1, 0.15) is 0 Å². The molecule has 0 saturated heterocycles. The molecular weight excluding hydrogens is 307 g/mol. The maximum atomic E-state index is 5.51. The average Bonchev–Trinajstić information content (AvgIpc) is 2.48. The van der Waals surface area contributed by atoms with Crippen LogP contribution in [0.1, 0.15) is 47.0 Å². The molecule has 0 rings (SSSR count). The number of rotatable bonds is 9. The van der Waals surface area contributed by atoms with Gasteiger partial charge in [-0.1, -0.05) is 40.0 Å². The second kappa shape index (κ2) is 22.3. The van der Waals surface area contributed by atoms with Gasteiger partial charge in [0, 0.05) is 7.11 Å². The van der Waals surface area contributed by atoms with Gasteiger partial charge in [-0.05, 0) is 31.5 Å². The van der Waals surface area contributed by atoms with E-state index in [1.807, 2.05) is 13.2 Å². The largest absolute Gasteiger partial charge is 0.379 e. The van der Waals surface area contributed by atoms with Gasteiger partial charge >= 0.3 is 0 Å². The van der Waals surface area contributed by atoms with Crippen LogP contribution in [0.3, 0.4) is 0 Å². The fourth-order valence-corrected chi connectivity index (χ4v) is 2.15. The van der Waals surface area contributed by atoms with Crippen LogP contribution in [0.5, 0.6) is 0 Å². The Morgan fingerprint density at radius 1 is 1.20 bits per heavy atom. The summed E-state index contributed by atoms with van der Waals surface area (Å²) in [5.41, 5.74) is 0. The zero-order chi connectivity index (χ0) is 16.4. The molecule has 126 valence electrons. The minimum atomic E-state index is 0.180. The van der Waals surface area contributed by atoms with Crippen molar-refractivity contribution in [3.63, 3.8) is 0 Å². The van der Waals surface area contributed by atoms with Crippen molar-refractivity contribution in [3.8, 4) is 0 Å². The second-order valence-electron chi connectivity index (χ2n) is 4.82. The van der Waals surface area contributed by atoms with Crippen molar-refractivity contribution < 1.29 is 9.47 Å². The zero-order valence-electron chi connectivity index (χ0n) is 14.5. The normalized spacial score (nSPS) is 12.9. The summed E-state index contributed by atoms with van der Waals surface area (Å²) in [5.74, 6) is 1.65. The van der Waals surface area contributed by atoms with Crippen molar-refractivity contribution >= 4 is 33.6 Å². The highest BCUT2D eigenvalue weighted by atomic mass is 32.2. The number of methoxy groups -OCH3 is 1. The van der Waals surface area contributed by atoms with Crippen molar-refractivity contribution in [2.24, 2.45) is 5.92 Å². The summed E-state index contributed by atoms with van der Waals surface area (Å²) in [7, 11) is 4.38. The molecule has 0 radical (unpaired) electrons. The standard InChI is InChI=1S/C7H17O2PS.C7H16.CH4S/c1-6(8-2)7(4-10)9-5-11-3;1-4-5-6-7(2)3;1-2/h6-7H,4-5,10H2,1-3H3;7H,4-6H2,1-3H3;2H,1H3. The summed E-state index contributed by atoms with van der Waals surface area (Å²) in [6, 6.07) is 0. The molecule has 0 heterocycles. The lowest BCUT2D eigenvalue weighted by Crippen LogP contribution is -2.29. The molecule has 0 spiro atoms. The van der Waals surface area contributed by atoms with E-state index in [9.17, 15) is 0 Å². The first-order chi connectivity index (χ1) is 9.53. The molecule has 2 nitrogen and oxygen atoms in total. The van der Waals surface area contributed by atoms with E-state index in [-0.39, 0.29) is 12.2 Å². The molecule has 20 heavy (non-hydrogen) atoms. The third kappa shape index (κ3) is 21.4. The Hall–Kier alpha value is 1.05. The number of hydrogen-bond acceptors (Lipinski definition) is 4. The van der Waals surface area contributed by atoms with E-state index >= 15 is 0 Å². The van der Waals surface area contributed by atoms with Gasteiger partial charge in [0.05, 0.1) is 18.1 Å². The van der Waals surface area contributed by atoms with Crippen LogP contribution in [0.25, 0.3) is 0 Å². The molecule has 0 aliphatic carbocycles. The van der Waals surface area contributed by atoms with Crippen LogP contribution in [0.2, 0.25) is 0 Å². The highest BCUT2D eigenvalue weighted by molar-refractivity contribution is 7.98. The summed E-state index contributed by atoms with van der Waals surface area (Å²) < 4.78 is 10.7. The minimum absolute atomic E-state index is 0.180. The molecule has 0 N–H and O–H groups in total. The first-order valence-electron chi connectivity index (χ1n) is 7.31. The van der Waals surface area contributed by atoms with Gasteiger partial charge in [0.15, 0.2) is 0 Å². The van der Waals surface area contributed by atoms with E-state index in [0.717, 1.165) is 18.0 Å². The third-order valence-electron chi connectivity index (χ3n) is 2.66. The predicted molar refractivity (Wildman–Crippen MR) is 104 cm³/mol. The van der Waals surface area contributed by atoms with Crippen LogP contribution in [0.15, 0.2) is 0 Å².